The van der Waals surface area contributed by atoms with E-state index in [2.05, 4.69) is 32.2 Å². The van der Waals surface area contributed by atoms with Gasteiger partial charge in [-0.2, -0.15) is 5.26 Å². The summed E-state index contributed by atoms with van der Waals surface area (Å²) < 4.78 is 18.9. The van der Waals surface area contributed by atoms with Gasteiger partial charge in [-0.3, -0.25) is 4.79 Å². The van der Waals surface area contributed by atoms with Crippen LogP contribution in [0.25, 0.3) is 0 Å². The summed E-state index contributed by atoms with van der Waals surface area (Å²) in [5, 5.41) is 12.6. The highest BCUT2D eigenvalue weighted by Crippen LogP contribution is 2.65. The number of nitriles is 1. The summed E-state index contributed by atoms with van der Waals surface area (Å²) in [4.78, 5) is 28.0. The van der Waals surface area contributed by atoms with E-state index in [4.69, 9.17) is 14.0 Å². The maximum atomic E-state index is 13.2. The molecule has 9 heteroatoms. The summed E-state index contributed by atoms with van der Waals surface area (Å²) in [5.74, 6) is 0.314. The molecule has 0 unspecified atom stereocenters. The molecule has 8 nitrogen and oxygen atoms in total. The molecule has 0 aromatic heterocycles. The van der Waals surface area contributed by atoms with E-state index in [9.17, 15) is 14.9 Å². The van der Waals surface area contributed by atoms with Crippen molar-refractivity contribution in [2.75, 3.05) is 13.2 Å². The van der Waals surface area contributed by atoms with Gasteiger partial charge in [0.2, 0.25) is 0 Å². The fourth-order valence-electron chi connectivity index (χ4n) is 7.53. The predicted molar refractivity (Wildman–Crippen MR) is 156 cm³/mol. The minimum Gasteiger partial charge on any atom is -0.447 e. The molecule has 1 aromatic carbocycles. The van der Waals surface area contributed by atoms with Crippen LogP contribution in [-0.2, 0) is 25.3 Å². The molecule has 2 aliphatic heterocycles. The Labute approximate surface area is 244 Å². The minimum absolute atomic E-state index is 0.00825. The van der Waals surface area contributed by atoms with Crippen LogP contribution in [0.15, 0.2) is 42.0 Å². The Morgan fingerprint density at radius 2 is 1.98 bits per heavy atom. The van der Waals surface area contributed by atoms with E-state index in [1.807, 2.05) is 51.1 Å². The largest absolute Gasteiger partial charge is 0.482 e. The van der Waals surface area contributed by atoms with E-state index in [0.29, 0.717) is 31.2 Å². The van der Waals surface area contributed by atoms with E-state index >= 15 is 0 Å². The first kappa shape index (κ1) is 29.7. The molecule has 3 aliphatic carbocycles. The Morgan fingerprint density at radius 1 is 1.24 bits per heavy atom. The molecule has 0 spiro atoms. The highest BCUT2D eigenvalue weighted by Gasteiger charge is 2.68. The van der Waals surface area contributed by atoms with Gasteiger partial charge in [0.15, 0.2) is 0 Å². The van der Waals surface area contributed by atoms with Crippen molar-refractivity contribution in [3.63, 3.8) is 0 Å². The Kier molecular flexibility index (Phi) is 8.04. The summed E-state index contributed by atoms with van der Waals surface area (Å²) in [6, 6.07) is 11.8. The van der Waals surface area contributed by atoms with Gasteiger partial charge in [0, 0.05) is 6.54 Å². The monoisotopic (exact) mass is 561 g/mol. The number of ether oxygens (including phenoxy) is 1. The second-order valence-corrected chi connectivity index (χ2v) is 14.2. The lowest BCUT2D eigenvalue weighted by Gasteiger charge is -2.64. The number of nitrogens with zero attached hydrogens (tertiary/aromatic N) is 2. The Morgan fingerprint density at radius 3 is 2.63 bits per heavy atom. The Hall–Kier alpha value is -2.83. The normalized spacial score (nSPS) is 31.1. The molecule has 1 aromatic rings. The van der Waals surface area contributed by atoms with E-state index < -0.39 is 19.2 Å². The number of rotatable bonds is 7. The van der Waals surface area contributed by atoms with Gasteiger partial charge in [-0.1, -0.05) is 71.0 Å². The molecule has 2 amide bonds. The molecular formula is C32H44BN3O5. The molecule has 5 aliphatic rings. The third kappa shape index (κ3) is 5.92. The average Bonchev–Trinajstić information content (AvgIpc) is 3.53. The van der Waals surface area contributed by atoms with Crippen LogP contribution in [0.4, 0.5) is 4.79 Å². The zero-order valence-electron chi connectivity index (χ0n) is 25.3. The maximum absolute atomic E-state index is 13.2. The lowest BCUT2D eigenvalue weighted by atomic mass is 9.43. The SMILES string of the molecule is CC(C)(C)C=C(C#N)C(=O)N1CCC[C@@H]1COC(=O)N[C@@H](Cc1ccccc1)B1O[C@@H]2C[C@@H]3C[C@@H](C3(C)C)[C@]2(C)O1. The molecule has 220 valence electrons. The van der Waals surface area contributed by atoms with Crippen LogP contribution < -0.4 is 5.32 Å². The molecule has 2 saturated heterocycles. The van der Waals surface area contributed by atoms with Crippen molar-refractivity contribution >= 4 is 19.1 Å². The second kappa shape index (κ2) is 11.1. The summed E-state index contributed by atoms with van der Waals surface area (Å²) in [6.07, 6.45) is 5.34. The first-order valence-corrected chi connectivity index (χ1v) is 15.1. The third-order valence-corrected chi connectivity index (χ3v) is 9.87. The molecule has 2 bridgehead atoms. The van der Waals surface area contributed by atoms with Crippen molar-refractivity contribution in [1.82, 2.24) is 10.2 Å². The predicted octanol–water partition coefficient (Wildman–Crippen LogP) is 5.08. The number of hydrogen-bond acceptors (Lipinski definition) is 6. The molecule has 41 heavy (non-hydrogen) atoms. The summed E-state index contributed by atoms with van der Waals surface area (Å²) >= 11 is 0. The Balaban J connectivity index is 1.24. The van der Waals surface area contributed by atoms with Gasteiger partial charge < -0.3 is 24.3 Å². The molecule has 2 heterocycles. The van der Waals surface area contributed by atoms with Gasteiger partial charge in [0.05, 0.1) is 23.7 Å². The number of hydrogen-bond donors (Lipinski definition) is 1. The number of alkyl carbamates (subject to hydrolysis) is 1. The van der Waals surface area contributed by atoms with E-state index in [1.165, 1.54) is 0 Å². The number of benzene rings is 1. The number of amides is 2. The van der Waals surface area contributed by atoms with Gasteiger partial charge in [0.1, 0.15) is 18.2 Å². The topological polar surface area (TPSA) is 101 Å². The molecule has 0 radical (unpaired) electrons. The van der Waals surface area contributed by atoms with Crippen molar-refractivity contribution in [2.24, 2.45) is 22.7 Å². The van der Waals surface area contributed by atoms with Gasteiger partial charge in [-0.05, 0) is 67.3 Å². The fourth-order valence-corrected chi connectivity index (χ4v) is 7.53. The molecule has 6 atom stereocenters. The van der Waals surface area contributed by atoms with Crippen molar-refractivity contribution < 1.29 is 23.6 Å². The summed E-state index contributed by atoms with van der Waals surface area (Å²) in [7, 11) is -0.585. The fraction of sp³-hybridized carbons (Fsp3) is 0.656. The smallest absolute Gasteiger partial charge is 0.447 e. The number of carbonyl (C=O) groups is 2. The first-order chi connectivity index (χ1) is 19.3. The highest BCUT2D eigenvalue weighted by atomic mass is 16.7. The van der Waals surface area contributed by atoms with Crippen LogP contribution in [0.3, 0.4) is 0 Å². The average molecular weight is 562 g/mol. The van der Waals surface area contributed by atoms with Crippen LogP contribution in [-0.4, -0.2) is 60.9 Å². The second-order valence-electron chi connectivity index (χ2n) is 14.2. The van der Waals surface area contributed by atoms with Crippen molar-refractivity contribution in [2.45, 2.75) is 97.3 Å². The number of allylic oxidation sites excluding steroid dienone is 1. The molecular weight excluding hydrogens is 517 g/mol. The molecule has 6 rings (SSSR count). The molecule has 3 saturated carbocycles. The van der Waals surface area contributed by atoms with E-state index in [-0.39, 0.29) is 46.7 Å². The van der Waals surface area contributed by atoms with Crippen molar-refractivity contribution in [1.29, 1.82) is 5.26 Å². The number of nitrogens with one attached hydrogen (secondary N) is 1. The van der Waals surface area contributed by atoms with Crippen molar-refractivity contribution in [3.8, 4) is 6.07 Å². The van der Waals surface area contributed by atoms with Crippen LogP contribution in [0.1, 0.15) is 72.8 Å². The maximum Gasteiger partial charge on any atom is 0.482 e. The van der Waals surface area contributed by atoms with Gasteiger partial charge in [0.25, 0.3) is 5.91 Å². The zero-order valence-corrected chi connectivity index (χ0v) is 25.3. The summed E-state index contributed by atoms with van der Waals surface area (Å²) in [6.45, 7) is 13.3. The van der Waals surface area contributed by atoms with Crippen LogP contribution >= 0.6 is 0 Å². The van der Waals surface area contributed by atoms with E-state index in [1.54, 1.807) is 11.0 Å². The first-order valence-electron chi connectivity index (χ1n) is 15.1. The van der Waals surface area contributed by atoms with Crippen LogP contribution in [0, 0.1) is 34.0 Å². The summed E-state index contributed by atoms with van der Waals surface area (Å²) in [5.41, 5.74) is 0.742. The molecule has 1 N–H and O–H groups in total. The van der Waals surface area contributed by atoms with E-state index in [0.717, 1.165) is 24.8 Å². The van der Waals surface area contributed by atoms with Gasteiger partial charge in [-0.25, -0.2) is 4.79 Å². The van der Waals surface area contributed by atoms with Crippen molar-refractivity contribution in [3.05, 3.63) is 47.5 Å². The number of carbonyl (C=O) groups excluding carboxylic acids is 2. The third-order valence-electron chi connectivity index (χ3n) is 9.87. The quantitative estimate of drug-likeness (QED) is 0.283. The van der Waals surface area contributed by atoms with Gasteiger partial charge >= 0.3 is 13.2 Å². The van der Waals surface area contributed by atoms with Crippen LogP contribution in [0.2, 0.25) is 0 Å². The highest BCUT2D eigenvalue weighted by molar-refractivity contribution is 6.47. The Bertz CT molecular complexity index is 1220. The van der Waals surface area contributed by atoms with Crippen LogP contribution in [0.5, 0.6) is 0 Å². The number of likely N-dealkylation sites (tertiary alicyclic amines) is 1. The lowest BCUT2D eigenvalue weighted by molar-refractivity contribution is -0.199. The lowest BCUT2D eigenvalue weighted by Crippen LogP contribution is -2.65. The zero-order chi connectivity index (χ0) is 29.6. The molecule has 5 fully saturated rings. The standard InChI is InChI=1S/C32H44BN3O5/c1-30(2,3)18-22(19-34)28(37)36-14-10-13-24(36)20-39-29(38)35-27(15-21-11-8-7-9-12-21)33-40-26-17-23-16-25(31(23,4)5)32(26,6)41-33/h7-9,11-12,18,23-27H,10,13-17,20H2,1-6H3,(H,35,38)/t23-,24+,25-,26+,27-,32-/m0/s1. The minimum atomic E-state index is -0.585. The van der Waals surface area contributed by atoms with Gasteiger partial charge in [-0.15, -0.1) is 0 Å².